The SMILES string of the molecule is CN(C)CC1CCCC12OCCO2. The van der Waals surface area contributed by atoms with E-state index in [4.69, 9.17) is 9.47 Å². The van der Waals surface area contributed by atoms with Gasteiger partial charge < -0.3 is 14.4 Å². The maximum Gasteiger partial charge on any atom is 0.172 e. The zero-order chi connectivity index (χ0) is 9.31. The minimum atomic E-state index is -0.204. The lowest BCUT2D eigenvalue weighted by atomic mass is 10.0. The van der Waals surface area contributed by atoms with Crippen molar-refractivity contribution < 1.29 is 9.47 Å². The van der Waals surface area contributed by atoms with Crippen LogP contribution in [0.4, 0.5) is 0 Å². The molecule has 1 heterocycles. The Morgan fingerprint density at radius 3 is 2.62 bits per heavy atom. The first-order valence-electron chi connectivity index (χ1n) is 5.15. The molecule has 1 aliphatic heterocycles. The highest BCUT2D eigenvalue weighted by Crippen LogP contribution is 2.42. The van der Waals surface area contributed by atoms with E-state index in [1.54, 1.807) is 0 Å². The van der Waals surface area contributed by atoms with E-state index in [1.165, 1.54) is 12.8 Å². The average molecular weight is 185 g/mol. The Labute approximate surface area is 80.0 Å². The van der Waals surface area contributed by atoms with Gasteiger partial charge in [-0.25, -0.2) is 0 Å². The monoisotopic (exact) mass is 185 g/mol. The largest absolute Gasteiger partial charge is 0.347 e. The molecule has 2 aliphatic rings. The van der Waals surface area contributed by atoms with Gasteiger partial charge in [0.2, 0.25) is 0 Å². The molecular weight excluding hydrogens is 166 g/mol. The molecule has 0 aromatic heterocycles. The summed E-state index contributed by atoms with van der Waals surface area (Å²) in [5.41, 5.74) is 0. The summed E-state index contributed by atoms with van der Waals surface area (Å²) in [6.07, 6.45) is 3.59. The normalized spacial score (nSPS) is 32.1. The molecule has 2 rings (SSSR count). The van der Waals surface area contributed by atoms with Crippen LogP contribution in [0, 0.1) is 5.92 Å². The molecule has 76 valence electrons. The fraction of sp³-hybridized carbons (Fsp3) is 1.00. The Morgan fingerprint density at radius 2 is 2.00 bits per heavy atom. The van der Waals surface area contributed by atoms with Gasteiger partial charge in [-0.3, -0.25) is 0 Å². The predicted octanol–water partition coefficient (Wildman–Crippen LogP) is 1.09. The first kappa shape index (κ1) is 9.44. The minimum Gasteiger partial charge on any atom is -0.347 e. The topological polar surface area (TPSA) is 21.7 Å². The molecular formula is C10H19NO2. The molecule has 1 unspecified atom stereocenters. The van der Waals surface area contributed by atoms with E-state index in [0.29, 0.717) is 5.92 Å². The molecule has 1 spiro atoms. The van der Waals surface area contributed by atoms with Crippen LogP contribution in [0.25, 0.3) is 0 Å². The molecule has 0 aromatic carbocycles. The van der Waals surface area contributed by atoms with Crippen LogP contribution >= 0.6 is 0 Å². The second kappa shape index (κ2) is 3.56. The third kappa shape index (κ3) is 1.73. The van der Waals surface area contributed by atoms with E-state index >= 15 is 0 Å². The second-order valence-electron chi connectivity index (χ2n) is 4.36. The quantitative estimate of drug-likeness (QED) is 0.643. The molecule has 0 radical (unpaired) electrons. The fourth-order valence-corrected chi connectivity index (χ4v) is 2.54. The maximum absolute atomic E-state index is 5.77. The van der Waals surface area contributed by atoms with Gasteiger partial charge in [0.1, 0.15) is 0 Å². The Morgan fingerprint density at radius 1 is 1.31 bits per heavy atom. The lowest BCUT2D eigenvalue weighted by molar-refractivity contribution is -0.183. The molecule has 1 atom stereocenters. The molecule has 1 saturated heterocycles. The Hall–Kier alpha value is -0.120. The molecule has 1 aliphatic carbocycles. The maximum atomic E-state index is 5.77. The van der Waals surface area contributed by atoms with Crippen molar-refractivity contribution in [2.45, 2.75) is 25.0 Å². The Balaban J connectivity index is 2.00. The predicted molar refractivity (Wildman–Crippen MR) is 50.5 cm³/mol. The molecule has 0 N–H and O–H groups in total. The Bertz CT molecular complexity index is 170. The molecule has 2 fully saturated rings. The lowest BCUT2D eigenvalue weighted by Gasteiger charge is -2.31. The molecule has 0 bridgehead atoms. The van der Waals surface area contributed by atoms with Gasteiger partial charge in [0.15, 0.2) is 5.79 Å². The first-order valence-corrected chi connectivity index (χ1v) is 5.15. The van der Waals surface area contributed by atoms with Gasteiger partial charge in [-0.05, 0) is 26.9 Å². The van der Waals surface area contributed by atoms with Crippen molar-refractivity contribution in [1.82, 2.24) is 4.90 Å². The van der Waals surface area contributed by atoms with Gasteiger partial charge in [0.25, 0.3) is 0 Å². The summed E-state index contributed by atoms with van der Waals surface area (Å²) in [4.78, 5) is 2.22. The van der Waals surface area contributed by atoms with E-state index in [2.05, 4.69) is 19.0 Å². The van der Waals surface area contributed by atoms with Crippen LogP contribution in [0.5, 0.6) is 0 Å². The van der Waals surface area contributed by atoms with Crippen molar-refractivity contribution >= 4 is 0 Å². The van der Waals surface area contributed by atoms with Crippen LogP contribution in [0.2, 0.25) is 0 Å². The number of ether oxygens (including phenoxy) is 2. The summed E-state index contributed by atoms with van der Waals surface area (Å²) in [6.45, 7) is 2.65. The second-order valence-corrected chi connectivity index (χ2v) is 4.36. The highest BCUT2D eigenvalue weighted by atomic mass is 16.7. The minimum absolute atomic E-state index is 0.204. The summed E-state index contributed by atoms with van der Waals surface area (Å²) in [6, 6.07) is 0. The molecule has 13 heavy (non-hydrogen) atoms. The van der Waals surface area contributed by atoms with Gasteiger partial charge in [-0.1, -0.05) is 0 Å². The summed E-state index contributed by atoms with van der Waals surface area (Å²) in [5.74, 6) is 0.370. The summed E-state index contributed by atoms with van der Waals surface area (Å²) in [5, 5.41) is 0. The Kier molecular flexibility index (Phi) is 2.58. The molecule has 0 aromatic rings. The van der Waals surface area contributed by atoms with Crippen LogP contribution in [0.15, 0.2) is 0 Å². The third-order valence-corrected chi connectivity index (χ3v) is 3.06. The summed E-state index contributed by atoms with van der Waals surface area (Å²) in [7, 11) is 4.22. The van der Waals surface area contributed by atoms with Gasteiger partial charge in [0.05, 0.1) is 13.2 Å². The van der Waals surface area contributed by atoms with Crippen molar-refractivity contribution in [3.05, 3.63) is 0 Å². The standard InChI is InChI=1S/C10H19NO2/c1-11(2)8-9-4-3-5-10(9)12-6-7-13-10/h9H,3-8H2,1-2H3. The van der Waals surface area contributed by atoms with Gasteiger partial charge in [-0.15, -0.1) is 0 Å². The molecule has 3 nitrogen and oxygen atoms in total. The highest BCUT2D eigenvalue weighted by molar-refractivity contribution is 4.89. The smallest absolute Gasteiger partial charge is 0.172 e. The van der Waals surface area contributed by atoms with Crippen molar-refractivity contribution in [2.24, 2.45) is 5.92 Å². The fourth-order valence-electron chi connectivity index (χ4n) is 2.54. The van der Waals surface area contributed by atoms with Gasteiger partial charge in [-0.2, -0.15) is 0 Å². The highest BCUT2D eigenvalue weighted by Gasteiger charge is 2.47. The van der Waals surface area contributed by atoms with E-state index in [0.717, 1.165) is 26.2 Å². The van der Waals surface area contributed by atoms with Crippen LogP contribution in [0.1, 0.15) is 19.3 Å². The zero-order valence-corrected chi connectivity index (χ0v) is 8.58. The van der Waals surface area contributed by atoms with E-state index in [-0.39, 0.29) is 5.79 Å². The van der Waals surface area contributed by atoms with Crippen LogP contribution in [-0.2, 0) is 9.47 Å². The van der Waals surface area contributed by atoms with E-state index < -0.39 is 0 Å². The van der Waals surface area contributed by atoms with Crippen LogP contribution in [0.3, 0.4) is 0 Å². The zero-order valence-electron chi connectivity index (χ0n) is 8.58. The number of hydrogen-bond donors (Lipinski definition) is 0. The van der Waals surface area contributed by atoms with Crippen LogP contribution < -0.4 is 0 Å². The van der Waals surface area contributed by atoms with Crippen molar-refractivity contribution in [2.75, 3.05) is 33.9 Å². The number of nitrogens with zero attached hydrogens (tertiary/aromatic N) is 1. The van der Waals surface area contributed by atoms with E-state index in [9.17, 15) is 0 Å². The van der Waals surface area contributed by atoms with Crippen molar-refractivity contribution in [3.8, 4) is 0 Å². The number of rotatable bonds is 2. The summed E-state index contributed by atoms with van der Waals surface area (Å²) < 4.78 is 11.5. The lowest BCUT2D eigenvalue weighted by Crippen LogP contribution is -2.39. The molecule has 3 heteroatoms. The first-order chi connectivity index (χ1) is 6.23. The van der Waals surface area contributed by atoms with Gasteiger partial charge in [0, 0.05) is 18.9 Å². The molecule has 1 saturated carbocycles. The van der Waals surface area contributed by atoms with Gasteiger partial charge >= 0.3 is 0 Å². The number of hydrogen-bond acceptors (Lipinski definition) is 3. The van der Waals surface area contributed by atoms with Crippen molar-refractivity contribution in [1.29, 1.82) is 0 Å². The molecule has 0 amide bonds. The summed E-state index contributed by atoms with van der Waals surface area (Å²) >= 11 is 0. The third-order valence-electron chi connectivity index (χ3n) is 3.06. The van der Waals surface area contributed by atoms with Crippen molar-refractivity contribution in [3.63, 3.8) is 0 Å². The van der Waals surface area contributed by atoms with Crippen LogP contribution in [-0.4, -0.2) is 44.5 Å². The van der Waals surface area contributed by atoms with E-state index in [1.807, 2.05) is 0 Å². The average Bonchev–Trinajstić information content (AvgIpc) is 2.64.